The van der Waals surface area contributed by atoms with E-state index in [1.54, 1.807) is 29.2 Å². The van der Waals surface area contributed by atoms with Gasteiger partial charge in [-0.3, -0.25) is 9.59 Å². The summed E-state index contributed by atoms with van der Waals surface area (Å²) in [5.74, 6) is 0.397. The monoisotopic (exact) mass is 595 g/mol. The molecule has 0 aliphatic carbocycles. The Labute approximate surface area is 222 Å². The third-order valence-electron chi connectivity index (χ3n) is 5.94. The van der Waals surface area contributed by atoms with Gasteiger partial charge in [-0.05, 0) is 18.2 Å². The first-order valence-electron chi connectivity index (χ1n) is 11.4. The molecule has 0 unspecified atom stereocenters. The molecule has 1 N–H and O–H groups in total. The summed E-state index contributed by atoms with van der Waals surface area (Å²) in [5.41, 5.74) is 1.21. The first kappa shape index (κ1) is 25.6. The van der Waals surface area contributed by atoms with Crippen LogP contribution in [0.25, 0.3) is 21.8 Å². The van der Waals surface area contributed by atoms with Gasteiger partial charge in [0.2, 0.25) is 5.91 Å². The number of hydrogen-bond acceptors (Lipinski definition) is 6. The van der Waals surface area contributed by atoms with Crippen LogP contribution in [-0.4, -0.2) is 69.9 Å². The van der Waals surface area contributed by atoms with Crippen molar-refractivity contribution in [2.45, 2.75) is 19.4 Å². The minimum Gasteiger partial charge on any atom is -0.486 e. The van der Waals surface area contributed by atoms with Gasteiger partial charge in [0.05, 0.1) is 46.8 Å². The van der Waals surface area contributed by atoms with E-state index in [4.69, 9.17) is 21.1 Å². The molecular weight excluding hydrogens is 576 g/mol. The summed E-state index contributed by atoms with van der Waals surface area (Å²) >= 11 is 9.70. The zero-order chi connectivity index (χ0) is 26.1. The predicted octanol–water partition coefficient (Wildman–Crippen LogP) is 3.78. The Bertz CT molecular complexity index is 1540. The van der Waals surface area contributed by atoms with Crippen LogP contribution in [0.15, 0.2) is 39.6 Å². The summed E-state index contributed by atoms with van der Waals surface area (Å²) in [6.45, 7) is 0.851. The predicted molar refractivity (Wildman–Crippen MR) is 137 cm³/mol. The Morgan fingerprint density at radius 1 is 1.27 bits per heavy atom. The van der Waals surface area contributed by atoms with Crippen LogP contribution in [0.2, 0.25) is 5.02 Å². The molecule has 0 saturated carbocycles. The molecule has 0 atom stereocenters. The number of imidazole rings is 1. The number of halogens is 4. The number of hydrogen-bond donors (Lipinski definition) is 1. The van der Waals surface area contributed by atoms with Gasteiger partial charge in [0.15, 0.2) is 0 Å². The molecule has 0 bridgehead atoms. The molecule has 5 rings (SSSR count). The van der Waals surface area contributed by atoms with E-state index in [2.05, 4.69) is 31.0 Å². The van der Waals surface area contributed by atoms with Crippen molar-refractivity contribution >= 4 is 55.2 Å². The maximum Gasteiger partial charge on any atom is 0.275 e. The smallest absolute Gasteiger partial charge is 0.275 e. The SMILES string of the molecule is O=C(Cn1nc(Cc2nc3cc(OCC(F)F)c(Cl)cc3[nH]2)c2c(Br)cccc2c1=O)N1CCOCC1. The lowest BCUT2D eigenvalue weighted by atomic mass is 10.1. The van der Waals surface area contributed by atoms with E-state index in [1.807, 2.05) is 0 Å². The van der Waals surface area contributed by atoms with Gasteiger partial charge in [0.1, 0.15) is 24.7 Å². The summed E-state index contributed by atoms with van der Waals surface area (Å²) in [4.78, 5) is 35.4. The van der Waals surface area contributed by atoms with Crippen LogP contribution in [0.1, 0.15) is 11.5 Å². The van der Waals surface area contributed by atoms with Crippen molar-refractivity contribution in [3.05, 3.63) is 61.7 Å². The Kier molecular flexibility index (Phi) is 7.40. The maximum atomic E-state index is 13.2. The van der Waals surface area contributed by atoms with Gasteiger partial charge >= 0.3 is 0 Å². The number of nitrogens with one attached hydrogen (secondary N) is 1. The minimum absolute atomic E-state index is 0.106. The molecule has 2 aromatic carbocycles. The number of morpholine rings is 1. The maximum absolute atomic E-state index is 13.2. The van der Waals surface area contributed by atoms with E-state index in [0.717, 1.165) is 0 Å². The van der Waals surface area contributed by atoms with E-state index < -0.39 is 13.0 Å². The van der Waals surface area contributed by atoms with Crippen molar-refractivity contribution in [3.8, 4) is 5.75 Å². The average molecular weight is 597 g/mol. The molecule has 1 aliphatic rings. The highest BCUT2D eigenvalue weighted by Gasteiger charge is 2.21. The van der Waals surface area contributed by atoms with E-state index in [1.165, 1.54) is 10.7 Å². The van der Waals surface area contributed by atoms with Gasteiger partial charge in [-0.2, -0.15) is 5.10 Å². The molecule has 3 heterocycles. The lowest BCUT2D eigenvalue weighted by molar-refractivity contribution is -0.136. The van der Waals surface area contributed by atoms with Gasteiger partial charge in [0.25, 0.3) is 12.0 Å². The Morgan fingerprint density at radius 3 is 2.81 bits per heavy atom. The number of aromatic nitrogens is 4. The molecule has 0 radical (unpaired) electrons. The van der Waals surface area contributed by atoms with Crippen molar-refractivity contribution in [2.75, 3.05) is 32.9 Å². The van der Waals surface area contributed by atoms with Crippen molar-refractivity contribution < 1.29 is 23.0 Å². The largest absolute Gasteiger partial charge is 0.486 e. The molecule has 9 nitrogen and oxygen atoms in total. The standard InChI is InChI=1S/C24H21BrClF2N5O4/c25-14-3-1-2-13-23(14)18(31-33(24(13)35)11-22(34)32-4-6-36-7-5-32)10-21-29-16-8-15(26)19(9-17(16)30-21)37-12-20(27)28/h1-3,8-9,20H,4-7,10-12H2,(H,29,30). The van der Waals surface area contributed by atoms with Crippen LogP contribution < -0.4 is 10.3 Å². The molecule has 13 heteroatoms. The van der Waals surface area contributed by atoms with Crippen LogP contribution in [0.4, 0.5) is 8.78 Å². The lowest BCUT2D eigenvalue weighted by Crippen LogP contribution is -2.44. The van der Waals surface area contributed by atoms with Crippen molar-refractivity contribution in [1.29, 1.82) is 0 Å². The molecule has 1 aliphatic heterocycles. The fraction of sp³-hybridized carbons (Fsp3) is 0.333. The molecule has 4 aromatic rings. The number of benzene rings is 2. The van der Waals surface area contributed by atoms with Gasteiger partial charge in [0, 0.05) is 29.0 Å². The Hall–Kier alpha value is -3.09. The summed E-state index contributed by atoms with van der Waals surface area (Å²) in [6, 6.07) is 8.28. The topological polar surface area (TPSA) is 102 Å². The number of fused-ring (bicyclic) bond motifs is 2. The van der Waals surface area contributed by atoms with Gasteiger partial charge in [-0.15, -0.1) is 0 Å². The zero-order valence-corrected chi connectivity index (χ0v) is 21.7. The third-order valence-corrected chi connectivity index (χ3v) is 6.90. The summed E-state index contributed by atoms with van der Waals surface area (Å²) < 4.78 is 37.4. The highest BCUT2D eigenvalue weighted by molar-refractivity contribution is 9.10. The Morgan fingerprint density at radius 2 is 2.05 bits per heavy atom. The first-order valence-corrected chi connectivity index (χ1v) is 12.6. The van der Waals surface area contributed by atoms with E-state index in [9.17, 15) is 18.4 Å². The van der Waals surface area contributed by atoms with Crippen LogP contribution >= 0.6 is 27.5 Å². The molecule has 2 aromatic heterocycles. The fourth-order valence-corrected chi connectivity index (χ4v) is 5.03. The number of carbonyl (C=O) groups is 1. The number of rotatable bonds is 7. The van der Waals surface area contributed by atoms with E-state index in [-0.39, 0.29) is 35.2 Å². The average Bonchev–Trinajstić information content (AvgIpc) is 3.26. The fourth-order valence-electron chi connectivity index (χ4n) is 4.22. The van der Waals surface area contributed by atoms with Gasteiger partial charge in [-0.1, -0.05) is 33.6 Å². The summed E-state index contributed by atoms with van der Waals surface area (Å²) in [5, 5.41) is 5.74. The molecule has 0 spiro atoms. The van der Waals surface area contributed by atoms with Crippen LogP contribution in [-0.2, 0) is 22.5 Å². The summed E-state index contributed by atoms with van der Waals surface area (Å²) in [6.07, 6.45) is -2.44. The van der Waals surface area contributed by atoms with Gasteiger partial charge in [-0.25, -0.2) is 18.4 Å². The molecule has 194 valence electrons. The molecule has 37 heavy (non-hydrogen) atoms. The summed E-state index contributed by atoms with van der Waals surface area (Å²) in [7, 11) is 0. The van der Waals surface area contributed by atoms with Crippen molar-refractivity contribution in [2.24, 2.45) is 0 Å². The van der Waals surface area contributed by atoms with Crippen LogP contribution in [0.5, 0.6) is 5.75 Å². The molecule has 1 saturated heterocycles. The first-order chi connectivity index (χ1) is 17.8. The molecule has 1 amide bonds. The molecular formula is C24H21BrClF2N5O4. The minimum atomic E-state index is -2.63. The number of carbonyl (C=O) groups excluding carboxylic acids is 1. The second-order valence-corrected chi connectivity index (χ2v) is 9.69. The van der Waals surface area contributed by atoms with Gasteiger partial charge < -0.3 is 19.4 Å². The highest BCUT2D eigenvalue weighted by atomic mass is 79.9. The number of amides is 1. The van der Waals surface area contributed by atoms with Crippen molar-refractivity contribution in [1.82, 2.24) is 24.6 Å². The highest BCUT2D eigenvalue weighted by Crippen LogP contribution is 2.30. The number of H-pyrrole nitrogens is 1. The second-order valence-electron chi connectivity index (χ2n) is 8.43. The van der Waals surface area contributed by atoms with Crippen molar-refractivity contribution in [3.63, 3.8) is 0 Å². The quantitative estimate of drug-likeness (QED) is 0.349. The number of nitrogens with zero attached hydrogens (tertiary/aromatic N) is 4. The molecule has 1 fully saturated rings. The number of ether oxygens (including phenoxy) is 2. The number of alkyl halides is 2. The third kappa shape index (κ3) is 5.46. The number of aromatic amines is 1. The lowest BCUT2D eigenvalue weighted by Gasteiger charge is -2.27. The normalized spacial score (nSPS) is 14.1. The zero-order valence-electron chi connectivity index (χ0n) is 19.3. The van der Waals surface area contributed by atoms with Crippen LogP contribution in [0.3, 0.4) is 0 Å². The van der Waals surface area contributed by atoms with Crippen LogP contribution in [0, 0.1) is 0 Å². The van der Waals surface area contributed by atoms with E-state index in [0.29, 0.717) is 64.1 Å². The Balaban J connectivity index is 1.50. The second kappa shape index (κ2) is 10.7. The van der Waals surface area contributed by atoms with E-state index >= 15 is 0 Å².